The normalized spacial score (nSPS) is 18.8. The predicted octanol–water partition coefficient (Wildman–Crippen LogP) is 1.58. The molecule has 88 valence electrons. The molecule has 0 aromatic rings. The molecule has 1 aliphatic rings. The van der Waals surface area contributed by atoms with E-state index in [0.29, 0.717) is 0 Å². The van der Waals surface area contributed by atoms with Crippen molar-refractivity contribution in [1.82, 2.24) is 0 Å². The summed E-state index contributed by atoms with van der Waals surface area (Å²) in [6, 6.07) is 0. The molecule has 0 saturated carbocycles. The van der Waals surface area contributed by atoms with Crippen molar-refractivity contribution in [2.45, 2.75) is 31.8 Å². The maximum absolute atomic E-state index is 9.00. The molecule has 0 saturated heterocycles. The van der Waals surface area contributed by atoms with Crippen molar-refractivity contribution in [3.63, 3.8) is 0 Å². The second-order valence-electron chi connectivity index (χ2n) is 2.52. The molecule has 0 aromatic heterocycles. The van der Waals surface area contributed by atoms with Crippen LogP contribution in [0.15, 0.2) is 12.2 Å². The fourth-order valence-corrected chi connectivity index (χ4v) is 0.965. The molecule has 0 fully saturated rings. The molecule has 0 spiro atoms. The molecule has 1 rings (SSSR count). The van der Waals surface area contributed by atoms with Crippen molar-refractivity contribution in [2.75, 3.05) is 0 Å². The van der Waals surface area contributed by atoms with Gasteiger partial charge in [0.15, 0.2) is 0 Å². The van der Waals surface area contributed by atoms with E-state index >= 15 is 0 Å². The zero-order valence-corrected chi connectivity index (χ0v) is 9.50. The van der Waals surface area contributed by atoms with Gasteiger partial charge < -0.3 is 17.7 Å². The Kier molecular flexibility index (Phi) is 17.4. The number of nitrogens with zero attached hydrogens (tertiary/aromatic N) is 1. The summed E-state index contributed by atoms with van der Waals surface area (Å²) in [7, 11) is 0. The Morgan fingerprint density at radius 3 is 2.43 bits per heavy atom. The fourth-order valence-electron chi connectivity index (χ4n) is 0.965. The monoisotopic (exact) mass is 297 g/mol. The van der Waals surface area contributed by atoms with Gasteiger partial charge in [-0.1, -0.05) is 18.6 Å². The second-order valence-corrected chi connectivity index (χ2v) is 2.52. The van der Waals surface area contributed by atoms with Crippen LogP contribution in [0.2, 0.25) is 0 Å². The van der Waals surface area contributed by atoms with Crippen molar-refractivity contribution in [3.8, 4) is 0 Å². The fraction of sp³-hybridized carbons (Fsp3) is 0.625. The Balaban J connectivity index is -0.000000180. The molecular weight excluding hydrogens is 282 g/mol. The van der Waals surface area contributed by atoms with Crippen LogP contribution in [0.25, 0.3) is 0 Å². The van der Waals surface area contributed by atoms with Gasteiger partial charge in [-0.25, -0.2) is 0 Å². The van der Waals surface area contributed by atoms with Gasteiger partial charge >= 0.3 is 22.4 Å². The van der Waals surface area contributed by atoms with E-state index in [2.05, 4.69) is 6.08 Å². The van der Waals surface area contributed by atoms with Gasteiger partial charge in [0.1, 0.15) is 0 Å². The van der Waals surface area contributed by atoms with E-state index in [4.69, 9.17) is 20.4 Å². The summed E-state index contributed by atoms with van der Waals surface area (Å²) in [6.45, 7) is 0. The molecule has 0 heterocycles. The van der Waals surface area contributed by atoms with Gasteiger partial charge in [0.2, 0.25) is 0 Å². The van der Waals surface area contributed by atoms with Crippen LogP contribution in [0, 0.1) is 17.5 Å². The first-order valence-electron chi connectivity index (χ1n) is 3.81. The maximum Gasteiger partial charge on any atom is 1.00 e. The van der Waals surface area contributed by atoms with Crippen LogP contribution in [-0.2, 0) is 22.4 Å². The SMILES string of the molecule is O=[N+]([O-])O.OC1C=CCCCC1.[Ag+].[CH3-]. The first-order valence-corrected chi connectivity index (χ1v) is 3.81. The first kappa shape index (κ1) is 19.2. The van der Waals surface area contributed by atoms with Crippen molar-refractivity contribution in [2.24, 2.45) is 0 Å². The zero-order valence-electron chi connectivity index (χ0n) is 8.02. The smallest absolute Gasteiger partial charge is 0.389 e. The van der Waals surface area contributed by atoms with Crippen LogP contribution < -0.4 is 0 Å². The van der Waals surface area contributed by atoms with E-state index in [9.17, 15) is 0 Å². The van der Waals surface area contributed by atoms with Crippen molar-refractivity contribution in [1.29, 1.82) is 0 Å². The Labute approximate surface area is 99.4 Å². The third-order valence-corrected chi connectivity index (χ3v) is 1.48. The number of aliphatic hydroxyl groups excluding tert-OH is 1. The number of hydrogen-bond acceptors (Lipinski definition) is 3. The molecular formula is C8H16AgNO4. The van der Waals surface area contributed by atoms with Crippen molar-refractivity contribution < 1.29 is 37.8 Å². The molecule has 2 N–H and O–H groups in total. The molecule has 1 unspecified atom stereocenters. The van der Waals surface area contributed by atoms with E-state index < -0.39 is 5.09 Å². The van der Waals surface area contributed by atoms with Gasteiger partial charge in [0.05, 0.1) is 6.10 Å². The van der Waals surface area contributed by atoms with Crippen molar-refractivity contribution >= 4 is 0 Å². The summed E-state index contributed by atoms with van der Waals surface area (Å²) in [6.07, 6.45) is 8.33. The molecule has 0 radical (unpaired) electrons. The minimum absolute atomic E-state index is 0. The van der Waals surface area contributed by atoms with Crippen LogP contribution in [0.4, 0.5) is 0 Å². The van der Waals surface area contributed by atoms with E-state index in [1.807, 2.05) is 6.08 Å². The molecule has 1 atom stereocenters. The number of rotatable bonds is 0. The summed E-state index contributed by atoms with van der Waals surface area (Å²) in [5.41, 5.74) is 0. The Hall–Kier alpha value is -0.360. The Morgan fingerprint density at radius 1 is 1.43 bits per heavy atom. The topological polar surface area (TPSA) is 83.6 Å². The molecule has 0 aliphatic heterocycles. The molecule has 0 aromatic carbocycles. The van der Waals surface area contributed by atoms with Gasteiger partial charge in [-0.2, -0.15) is 0 Å². The van der Waals surface area contributed by atoms with Crippen LogP contribution in [0.5, 0.6) is 0 Å². The molecule has 14 heavy (non-hydrogen) atoms. The summed E-state index contributed by atoms with van der Waals surface area (Å²) in [5.74, 6) is 0. The predicted molar refractivity (Wildman–Crippen MR) is 48.8 cm³/mol. The molecule has 5 nitrogen and oxygen atoms in total. The first-order chi connectivity index (χ1) is 5.63. The van der Waals surface area contributed by atoms with Gasteiger partial charge in [0.25, 0.3) is 5.09 Å². The third-order valence-electron chi connectivity index (χ3n) is 1.48. The summed E-state index contributed by atoms with van der Waals surface area (Å²) in [4.78, 5) is 8.36. The largest absolute Gasteiger partial charge is 1.00 e. The average molecular weight is 298 g/mol. The van der Waals surface area contributed by atoms with E-state index in [0.717, 1.165) is 12.8 Å². The number of allylic oxidation sites excluding steroid dienone is 1. The summed E-state index contributed by atoms with van der Waals surface area (Å²) >= 11 is 0. The van der Waals surface area contributed by atoms with Crippen LogP contribution in [-0.4, -0.2) is 21.5 Å². The Morgan fingerprint density at radius 2 is 1.93 bits per heavy atom. The minimum Gasteiger partial charge on any atom is -0.389 e. The number of aliphatic hydroxyl groups is 1. The van der Waals surface area contributed by atoms with Crippen LogP contribution >= 0.6 is 0 Å². The average Bonchev–Trinajstić information content (AvgIpc) is 2.14. The Bertz CT molecular complexity index is 159. The quantitative estimate of drug-likeness (QED) is 0.234. The number of hydrogen-bond donors (Lipinski definition) is 2. The molecule has 6 heteroatoms. The zero-order chi connectivity index (χ0) is 9.40. The standard InChI is InChI=1S/C7H12O.CH3.Ag.HNO3/c8-7-5-3-1-2-4-6-7;;;2-1(3)4/h3,5,7-8H,1-2,4,6H2;1H3;;(H,2,3,4)/q;-1;+1;. The summed E-state index contributed by atoms with van der Waals surface area (Å²) < 4.78 is 0. The van der Waals surface area contributed by atoms with Crippen molar-refractivity contribution in [3.05, 3.63) is 29.7 Å². The molecule has 1 aliphatic carbocycles. The van der Waals surface area contributed by atoms with Crippen LogP contribution in [0.1, 0.15) is 25.7 Å². The maximum atomic E-state index is 9.00. The van der Waals surface area contributed by atoms with Gasteiger partial charge in [-0.05, 0) is 19.3 Å². The summed E-state index contributed by atoms with van der Waals surface area (Å²) in [5, 5.41) is 22.6. The van der Waals surface area contributed by atoms with Gasteiger partial charge in [-0.15, -0.1) is 10.1 Å². The third kappa shape index (κ3) is 17.7. The second kappa shape index (κ2) is 12.6. The van der Waals surface area contributed by atoms with E-state index in [-0.39, 0.29) is 35.9 Å². The van der Waals surface area contributed by atoms with Gasteiger partial charge in [0, 0.05) is 0 Å². The molecule has 0 bridgehead atoms. The molecule has 0 amide bonds. The van der Waals surface area contributed by atoms with E-state index in [1.165, 1.54) is 12.8 Å². The van der Waals surface area contributed by atoms with E-state index in [1.54, 1.807) is 0 Å². The van der Waals surface area contributed by atoms with Gasteiger partial charge in [-0.3, -0.25) is 0 Å². The minimum atomic E-state index is -1.50. The van der Waals surface area contributed by atoms with Crippen LogP contribution in [0.3, 0.4) is 0 Å².